The molecule has 33 heavy (non-hydrogen) atoms. The fourth-order valence-corrected chi connectivity index (χ4v) is 6.70. The quantitative estimate of drug-likeness (QED) is 0.288. The van der Waals surface area contributed by atoms with E-state index in [1.54, 1.807) is 0 Å². The number of carbonyl (C=O) groups excluding carboxylic acids is 1. The molecule has 0 radical (unpaired) electrons. The van der Waals surface area contributed by atoms with Crippen LogP contribution in [0.25, 0.3) is 0 Å². The van der Waals surface area contributed by atoms with Gasteiger partial charge in [-0.1, -0.05) is 38.8 Å². The van der Waals surface area contributed by atoms with Gasteiger partial charge in [0.25, 0.3) is 0 Å². The van der Waals surface area contributed by atoms with Crippen molar-refractivity contribution >= 4 is 5.78 Å². The van der Waals surface area contributed by atoms with E-state index in [9.17, 15) is 4.79 Å². The summed E-state index contributed by atoms with van der Waals surface area (Å²) in [5.41, 5.74) is 1.56. The van der Waals surface area contributed by atoms with Crippen molar-refractivity contribution in [3.05, 3.63) is 23.0 Å². The third-order valence-electron chi connectivity index (χ3n) is 9.22. The summed E-state index contributed by atoms with van der Waals surface area (Å²) in [5, 5.41) is 0. The van der Waals surface area contributed by atoms with Gasteiger partial charge in [0.1, 0.15) is 0 Å². The smallest absolute Gasteiger partial charge is 0.236 e. The fourth-order valence-electron chi connectivity index (χ4n) is 6.70. The molecule has 5 nitrogen and oxygen atoms in total. The van der Waals surface area contributed by atoms with Crippen molar-refractivity contribution in [2.75, 3.05) is 0 Å². The zero-order chi connectivity index (χ0) is 24.0. The molecule has 0 aromatic carbocycles. The number of hydrogen-bond donors (Lipinski definition) is 0. The number of hydrogen-bond acceptors (Lipinski definition) is 5. The van der Waals surface area contributed by atoms with E-state index in [4.69, 9.17) is 19.2 Å². The van der Waals surface area contributed by atoms with Crippen LogP contribution in [0.5, 0.6) is 0 Å². The van der Waals surface area contributed by atoms with E-state index in [2.05, 4.69) is 47.6 Å². The molecule has 5 heteroatoms. The van der Waals surface area contributed by atoms with Crippen LogP contribution >= 0.6 is 0 Å². The number of Topliss-reactive ketones (excluding diaryl/α,β-unsaturated/α-hetero) is 1. The molecule has 0 unspecified atom stereocenters. The van der Waals surface area contributed by atoms with Crippen LogP contribution in [0.1, 0.15) is 106 Å². The highest BCUT2D eigenvalue weighted by Gasteiger charge is 2.73. The molecule has 4 heterocycles. The topological polar surface area (TPSA) is 54.0 Å². The maximum atomic E-state index is 13.3. The van der Waals surface area contributed by atoms with Gasteiger partial charge in [0.05, 0.1) is 0 Å². The van der Waals surface area contributed by atoms with Crippen molar-refractivity contribution in [1.29, 1.82) is 0 Å². The molecule has 186 valence electrons. The number of allylic oxidation sites excluding steroid dienone is 3. The van der Waals surface area contributed by atoms with Gasteiger partial charge in [-0.15, -0.1) is 0 Å². The first kappa shape index (κ1) is 24.9. The second kappa shape index (κ2) is 9.13. The summed E-state index contributed by atoms with van der Waals surface area (Å²) in [6, 6.07) is 0. The van der Waals surface area contributed by atoms with Crippen LogP contribution in [0, 0.1) is 23.2 Å². The molecule has 4 aliphatic heterocycles. The van der Waals surface area contributed by atoms with Gasteiger partial charge >= 0.3 is 0 Å². The van der Waals surface area contributed by atoms with Crippen molar-refractivity contribution in [3.63, 3.8) is 0 Å². The molecule has 4 fully saturated rings. The van der Waals surface area contributed by atoms with Crippen molar-refractivity contribution in [2.24, 2.45) is 23.2 Å². The maximum Gasteiger partial charge on any atom is 0.236 e. The summed E-state index contributed by atoms with van der Waals surface area (Å²) in [7, 11) is 0. The first-order chi connectivity index (χ1) is 15.5. The van der Waals surface area contributed by atoms with Crippen LogP contribution in [0.3, 0.4) is 0 Å². The first-order valence-corrected chi connectivity index (χ1v) is 13.1. The monoisotopic (exact) mass is 460 g/mol. The summed E-state index contributed by atoms with van der Waals surface area (Å²) in [4.78, 5) is 25.5. The standard InChI is InChI=1S/C28H44O5/c1-18(2)10-8-11-19(3)12-9-13-23(29)24-21(5)22-15-14-20(4)26(6)16-17-27(7)31-25(30-24)28(22,26)33-32-27/h10,19-20,22,25H,8-9,11-17H2,1-7H3/t19-,20+,22-,25+,26-,27-,28+/m0/s1. The van der Waals surface area contributed by atoms with Crippen LogP contribution in [0.2, 0.25) is 0 Å². The predicted molar refractivity (Wildman–Crippen MR) is 128 cm³/mol. The van der Waals surface area contributed by atoms with Gasteiger partial charge in [0, 0.05) is 24.2 Å². The van der Waals surface area contributed by atoms with Gasteiger partial charge in [-0.05, 0) is 83.6 Å². The Morgan fingerprint density at radius 3 is 2.64 bits per heavy atom. The van der Waals surface area contributed by atoms with E-state index < -0.39 is 17.7 Å². The minimum atomic E-state index is -0.833. The second-order valence-corrected chi connectivity index (χ2v) is 11.9. The Morgan fingerprint density at radius 1 is 1.15 bits per heavy atom. The first-order valence-electron chi connectivity index (χ1n) is 13.1. The number of rotatable bonds is 8. The lowest BCUT2D eigenvalue weighted by Crippen LogP contribution is -2.70. The summed E-state index contributed by atoms with van der Waals surface area (Å²) in [6.07, 6.45) is 10.2. The van der Waals surface area contributed by atoms with Crippen LogP contribution in [-0.4, -0.2) is 23.5 Å². The van der Waals surface area contributed by atoms with Crippen LogP contribution in [-0.2, 0) is 24.0 Å². The van der Waals surface area contributed by atoms with Gasteiger partial charge in [0.2, 0.25) is 12.1 Å². The molecule has 2 bridgehead atoms. The highest BCUT2D eigenvalue weighted by molar-refractivity contribution is 5.94. The van der Waals surface area contributed by atoms with Crippen LogP contribution in [0.4, 0.5) is 0 Å². The third-order valence-corrected chi connectivity index (χ3v) is 9.22. The Hall–Kier alpha value is -1.17. The lowest BCUT2D eigenvalue weighted by Gasteiger charge is -2.61. The minimum Gasteiger partial charge on any atom is -0.458 e. The zero-order valence-corrected chi connectivity index (χ0v) is 21.8. The Kier molecular flexibility index (Phi) is 6.90. The fraction of sp³-hybridized carbons (Fsp3) is 0.821. The zero-order valence-electron chi connectivity index (χ0n) is 21.8. The van der Waals surface area contributed by atoms with Gasteiger partial charge in [0.15, 0.2) is 17.1 Å². The highest BCUT2D eigenvalue weighted by atomic mass is 17.3. The second-order valence-electron chi connectivity index (χ2n) is 11.9. The van der Waals surface area contributed by atoms with Crippen LogP contribution in [0.15, 0.2) is 23.0 Å². The molecule has 3 saturated heterocycles. The summed E-state index contributed by atoms with van der Waals surface area (Å²) in [5.74, 6) is 0.942. The van der Waals surface area contributed by atoms with Crippen molar-refractivity contribution in [1.82, 2.24) is 0 Å². The molecule has 1 aliphatic carbocycles. The Bertz CT molecular complexity index is 826. The molecule has 0 N–H and O–H groups in total. The Labute approximate surface area is 200 Å². The van der Waals surface area contributed by atoms with Crippen molar-refractivity contribution < 1.29 is 24.0 Å². The van der Waals surface area contributed by atoms with Gasteiger partial charge in [-0.25, -0.2) is 9.78 Å². The number of ketones is 1. The number of carbonyl (C=O) groups is 1. The summed E-state index contributed by atoms with van der Waals surface area (Å²) in [6.45, 7) is 15.2. The van der Waals surface area contributed by atoms with E-state index in [1.807, 2.05) is 6.92 Å². The van der Waals surface area contributed by atoms with Crippen molar-refractivity contribution in [3.8, 4) is 0 Å². The van der Waals surface area contributed by atoms with E-state index in [1.165, 1.54) is 12.0 Å². The molecular formula is C28H44O5. The summed E-state index contributed by atoms with van der Waals surface area (Å²) < 4.78 is 12.8. The molecule has 0 amide bonds. The third kappa shape index (κ3) is 4.23. The molecular weight excluding hydrogens is 416 g/mol. The average molecular weight is 461 g/mol. The SMILES string of the molecule is CC(C)=CCC[C@H](C)CCCC(=O)C1=C(C)[C@@H]2CC[C@@H](C)[C@]3(C)CC[C@]4(C)OO[C@@]23[C@H](O1)O4. The average Bonchev–Trinajstić information content (AvgIpc) is 2.93. The van der Waals surface area contributed by atoms with E-state index in [0.717, 1.165) is 50.5 Å². The van der Waals surface area contributed by atoms with Gasteiger partial charge in [-0.3, -0.25) is 4.79 Å². The molecule has 0 aromatic rings. The van der Waals surface area contributed by atoms with E-state index in [-0.39, 0.29) is 17.1 Å². The lowest BCUT2D eigenvalue weighted by atomic mass is 9.51. The normalized spacial score (nSPS) is 40.5. The highest BCUT2D eigenvalue weighted by Crippen LogP contribution is 2.65. The number of ether oxygens (including phenoxy) is 2. The predicted octanol–water partition coefficient (Wildman–Crippen LogP) is 7.02. The number of fused-ring (bicyclic) bond motifs is 2. The molecule has 5 aliphatic rings. The minimum absolute atomic E-state index is 0.0713. The van der Waals surface area contributed by atoms with Gasteiger partial charge in [-0.2, -0.15) is 0 Å². The summed E-state index contributed by atoms with van der Waals surface area (Å²) >= 11 is 0. The van der Waals surface area contributed by atoms with E-state index >= 15 is 0 Å². The Balaban J connectivity index is 1.49. The van der Waals surface area contributed by atoms with Gasteiger partial charge < -0.3 is 9.47 Å². The van der Waals surface area contributed by atoms with Crippen LogP contribution < -0.4 is 0 Å². The largest absolute Gasteiger partial charge is 0.458 e. The maximum absolute atomic E-state index is 13.3. The molecule has 7 atom stereocenters. The molecule has 1 saturated carbocycles. The van der Waals surface area contributed by atoms with Crippen molar-refractivity contribution in [2.45, 2.75) is 124 Å². The molecule has 0 aromatic heterocycles. The molecule has 1 spiro atoms. The lowest BCUT2D eigenvalue weighted by molar-refractivity contribution is -0.562. The van der Waals surface area contributed by atoms with E-state index in [0.29, 0.717) is 24.0 Å². The molecule has 5 rings (SSSR count). The Morgan fingerprint density at radius 2 is 1.91 bits per heavy atom.